The highest BCUT2D eigenvalue weighted by atomic mass is 16.4. The Hall–Kier alpha value is -3.15. The fourth-order valence-electron chi connectivity index (χ4n) is 4.52. The van der Waals surface area contributed by atoms with Gasteiger partial charge in [0.05, 0.1) is 12.5 Å². The van der Waals surface area contributed by atoms with Crippen LogP contribution >= 0.6 is 0 Å². The quantitative estimate of drug-likeness (QED) is 0.247. The van der Waals surface area contributed by atoms with Crippen molar-refractivity contribution in [1.82, 2.24) is 10.6 Å². The minimum Gasteiger partial charge on any atom is -0.481 e. The van der Waals surface area contributed by atoms with Crippen LogP contribution in [0.5, 0.6) is 0 Å². The van der Waals surface area contributed by atoms with Crippen LogP contribution in [0.15, 0.2) is 60.7 Å². The average Bonchev–Trinajstić information content (AvgIpc) is 2.87. The highest BCUT2D eigenvalue weighted by Gasteiger charge is 2.36. The molecule has 3 N–H and O–H groups in total. The third kappa shape index (κ3) is 10.4. The molecule has 2 aromatic carbocycles. The van der Waals surface area contributed by atoms with Gasteiger partial charge in [0.2, 0.25) is 11.8 Å². The molecule has 0 bridgehead atoms. The molecule has 0 unspecified atom stereocenters. The molecule has 37 heavy (non-hydrogen) atoms. The molecular weight excluding hydrogens is 464 g/mol. The second-order valence-corrected chi connectivity index (χ2v) is 10.9. The smallest absolute Gasteiger partial charge is 0.304 e. The summed E-state index contributed by atoms with van der Waals surface area (Å²) in [6, 6.07) is 18.2. The Balaban J connectivity index is 2.17. The van der Waals surface area contributed by atoms with Gasteiger partial charge in [-0.25, -0.2) is 0 Å². The predicted molar refractivity (Wildman–Crippen MR) is 148 cm³/mol. The van der Waals surface area contributed by atoms with Gasteiger partial charge in [-0.1, -0.05) is 127 Å². The van der Waals surface area contributed by atoms with E-state index in [9.17, 15) is 19.5 Å². The molecule has 0 heterocycles. The summed E-state index contributed by atoms with van der Waals surface area (Å²) in [5.41, 5.74) is 1.30. The first-order valence-electron chi connectivity index (χ1n) is 13.6. The van der Waals surface area contributed by atoms with Gasteiger partial charge in [0.1, 0.15) is 6.04 Å². The minimum absolute atomic E-state index is 0.240. The zero-order valence-corrected chi connectivity index (χ0v) is 22.8. The van der Waals surface area contributed by atoms with Crippen molar-refractivity contribution in [2.24, 2.45) is 11.3 Å². The number of aliphatic carboxylic acids is 1. The minimum atomic E-state index is -1.00. The van der Waals surface area contributed by atoms with E-state index in [2.05, 4.69) is 17.6 Å². The van der Waals surface area contributed by atoms with Crippen LogP contribution in [0.25, 0.3) is 0 Å². The molecule has 0 aliphatic carbocycles. The Morgan fingerprint density at radius 1 is 0.757 bits per heavy atom. The number of benzene rings is 2. The van der Waals surface area contributed by atoms with Crippen molar-refractivity contribution in [3.8, 4) is 0 Å². The predicted octanol–water partition coefficient (Wildman–Crippen LogP) is 6.26. The third-order valence-electron chi connectivity index (χ3n) is 6.67. The van der Waals surface area contributed by atoms with Crippen LogP contribution in [-0.4, -0.2) is 28.9 Å². The van der Waals surface area contributed by atoms with Crippen LogP contribution in [0.4, 0.5) is 0 Å². The Bertz CT molecular complexity index is 930. The normalized spacial score (nSPS) is 13.1. The molecule has 2 aromatic rings. The summed E-state index contributed by atoms with van der Waals surface area (Å²) >= 11 is 0. The molecule has 0 fully saturated rings. The summed E-state index contributed by atoms with van der Waals surface area (Å²) in [7, 11) is 0. The first kappa shape index (κ1) is 30.1. The van der Waals surface area contributed by atoms with Crippen LogP contribution in [-0.2, 0) is 14.4 Å². The van der Waals surface area contributed by atoms with E-state index in [0.717, 1.165) is 43.2 Å². The van der Waals surface area contributed by atoms with Crippen LogP contribution < -0.4 is 10.6 Å². The van der Waals surface area contributed by atoms with E-state index in [4.69, 9.17) is 0 Å². The molecule has 0 saturated heterocycles. The number of hydrogen-bond donors (Lipinski definition) is 3. The van der Waals surface area contributed by atoms with E-state index < -0.39 is 23.3 Å². The average molecular weight is 509 g/mol. The highest BCUT2D eigenvalue weighted by Crippen LogP contribution is 2.26. The maximum atomic E-state index is 13.6. The van der Waals surface area contributed by atoms with Crippen molar-refractivity contribution in [2.75, 3.05) is 0 Å². The lowest BCUT2D eigenvalue weighted by Gasteiger charge is -2.33. The van der Waals surface area contributed by atoms with Crippen LogP contribution in [0, 0.1) is 11.3 Å². The summed E-state index contributed by atoms with van der Waals surface area (Å²) in [5.74, 6) is -2.34. The third-order valence-corrected chi connectivity index (χ3v) is 6.67. The van der Waals surface area contributed by atoms with Gasteiger partial charge in [-0.3, -0.25) is 14.4 Å². The first-order chi connectivity index (χ1) is 17.6. The maximum Gasteiger partial charge on any atom is 0.304 e. The molecule has 0 spiro atoms. The van der Waals surface area contributed by atoms with Crippen LogP contribution in [0.3, 0.4) is 0 Å². The summed E-state index contributed by atoms with van der Waals surface area (Å²) < 4.78 is 0. The van der Waals surface area contributed by atoms with Gasteiger partial charge in [-0.05, 0) is 23.0 Å². The number of rotatable bonds is 15. The number of carbonyl (C=O) groups excluding carboxylic acids is 2. The Kier molecular flexibility index (Phi) is 12.3. The Morgan fingerprint density at radius 2 is 1.27 bits per heavy atom. The van der Waals surface area contributed by atoms with Crippen molar-refractivity contribution in [1.29, 1.82) is 0 Å². The lowest BCUT2D eigenvalue weighted by atomic mass is 9.84. The molecule has 0 aliphatic rings. The van der Waals surface area contributed by atoms with Crippen molar-refractivity contribution in [3.05, 3.63) is 71.8 Å². The van der Waals surface area contributed by atoms with Crippen molar-refractivity contribution in [3.63, 3.8) is 0 Å². The van der Waals surface area contributed by atoms with E-state index in [-0.39, 0.29) is 24.3 Å². The molecular formula is C31H44N2O4. The molecule has 0 radical (unpaired) electrons. The summed E-state index contributed by atoms with van der Waals surface area (Å²) in [5, 5.41) is 15.5. The van der Waals surface area contributed by atoms with Gasteiger partial charge in [-0.2, -0.15) is 0 Å². The molecule has 0 saturated carbocycles. The van der Waals surface area contributed by atoms with Gasteiger partial charge < -0.3 is 15.7 Å². The van der Waals surface area contributed by atoms with Crippen molar-refractivity contribution in [2.45, 2.75) is 91.1 Å². The van der Waals surface area contributed by atoms with E-state index in [1.165, 1.54) is 6.42 Å². The van der Waals surface area contributed by atoms with Gasteiger partial charge in [0.25, 0.3) is 0 Å². The molecule has 202 valence electrons. The molecule has 2 amide bonds. The number of carbonyl (C=O) groups is 3. The van der Waals surface area contributed by atoms with Crippen molar-refractivity contribution >= 4 is 17.8 Å². The molecule has 2 rings (SSSR count). The van der Waals surface area contributed by atoms with Gasteiger partial charge in [0, 0.05) is 5.92 Å². The van der Waals surface area contributed by atoms with Gasteiger partial charge >= 0.3 is 5.97 Å². The zero-order chi connectivity index (χ0) is 27.3. The number of amides is 2. The molecule has 2 atom stereocenters. The fraction of sp³-hybridized carbons (Fsp3) is 0.516. The molecule has 6 heteroatoms. The van der Waals surface area contributed by atoms with Crippen LogP contribution in [0.2, 0.25) is 0 Å². The number of carboxylic acid groups (broad SMARTS) is 1. The maximum absolute atomic E-state index is 13.6. The van der Waals surface area contributed by atoms with Gasteiger partial charge in [0.15, 0.2) is 0 Å². The molecule has 6 nitrogen and oxygen atoms in total. The van der Waals surface area contributed by atoms with Gasteiger partial charge in [-0.15, -0.1) is 0 Å². The Morgan fingerprint density at radius 3 is 1.76 bits per heavy atom. The lowest BCUT2D eigenvalue weighted by Crippen LogP contribution is -2.55. The van der Waals surface area contributed by atoms with E-state index in [1.807, 2.05) is 81.4 Å². The largest absolute Gasteiger partial charge is 0.481 e. The zero-order valence-electron chi connectivity index (χ0n) is 22.8. The van der Waals surface area contributed by atoms with E-state index >= 15 is 0 Å². The molecule has 0 aromatic heterocycles. The number of carboxylic acids is 1. The number of hydrogen-bond acceptors (Lipinski definition) is 3. The van der Waals surface area contributed by atoms with Crippen molar-refractivity contribution < 1.29 is 19.5 Å². The monoisotopic (exact) mass is 508 g/mol. The number of unbranched alkanes of at least 4 members (excludes halogenated alkanes) is 5. The SMILES string of the molecule is CCCCCCCC[C@H](CC(=O)O)C(=O)N[C@H](C(=O)NC(c1ccccc1)c1ccccc1)C(C)(C)C. The first-order valence-corrected chi connectivity index (χ1v) is 13.6. The number of nitrogens with one attached hydrogen (secondary N) is 2. The Labute approximate surface area is 222 Å². The summed E-state index contributed by atoms with van der Waals surface area (Å²) in [6.45, 7) is 7.86. The lowest BCUT2D eigenvalue weighted by molar-refractivity contribution is -0.142. The van der Waals surface area contributed by atoms with Crippen LogP contribution in [0.1, 0.15) is 96.2 Å². The summed E-state index contributed by atoms with van der Waals surface area (Å²) in [6.07, 6.45) is 6.62. The highest BCUT2D eigenvalue weighted by molar-refractivity contribution is 5.90. The van der Waals surface area contributed by atoms with E-state index in [1.54, 1.807) is 0 Å². The molecule has 0 aliphatic heterocycles. The van der Waals surface area contributed by atoms with E-state index in [0.29, 0.717) is 6.42 Å². The second-order valence-electron chi connectivity index (χ2n) is 10.9. The topological polar surface area (TPSA) is 95.5 Å². The summed E-state index contributed by atoms with van der Waals surface area (Å²) in [4.78, 5) is 38.4. The fourth-order valence-corrected chi connectivity index (χ4v) is 4.52. The second kappa shape index (κ2) is 15.2. The standard InChI is InChI=1S/C31H44N2O4/c1-5-6-7-8-9-12-21-25(22-26(34)35)29(36)33-28(31(2,3)4)30(37)32-27(23-17-13-10-14-18-23)24-19-15-11-16-20-24/h10-11,13-20,25,27-28H,5-9,12,21-22H2,1-4H3,(H,32,37)(H,33,36)(H,34,35)/t25-,28-/m1/s1.